The van der Waals surface area contributed by atoms with Crippen LogP contribution in [0.15, 0.2) is 18.2 Å². The zero-order chi connectivity index (χ0) is 13.5. The van der Waals surface area contributed by atoms with E-state index in [-0.39, 0.29) is 30.2 Å². The van der Waals surface area contributed by atoms with Gasteiger partial charge in [-0.2, -0.15) is 0 Å². The molecule has 1 amide bonds. The Hall–Kier alpha value is -1.79. The second-order valence-electron chi connectivity index (χ2n) is 3.68. The minimum atomic E-state index is -0.785. The third kappa shape index (κ3) is 3.61. The summed E-state index contributed by atoms with van der Waals surface area (Å²) in [5, 5.41) is 21.6. The van der Waals surface area contributed by atoms with Crippen LogP contribution in [0.25, 0.3) is 0 Å². The summed E-state index contributed by atoms with van der Waals surface area (Å²) >= 11 is 0. The third-order valence-corrected chi connectivity index (χ3v) is 2.32. The molecule has 3 N–H and O–H groups in total. The van der Waals surface area contributed by atoms with Gasteiger partial charge < -0.3 is 25.0 Å². The first-order valence-electron chi connectivity index (χ1n) is 5.41. The molecule has 0 aliphatic heterocycles. The summed E-state index contributed by atoms with van der Waals surface area (Å²) in [4.78, 5) is 11.8. The van der Waals surface area contributed by atoms with Crippen molar-refractivity contribution in [1.29, 1.82) is 0 Å². The predicted molar refractivity (Wildman–Crippen MR) is 64.9 cm³/mol. The van der Waals surface area contributed by atoms with Crippen molar-refractivity contribution in [3.05, 3.63) is 23.8 Å². The average Bonchev–Trinajstić information content (AvgIpc) is 2.36. The summed E-state index contributed by atoms with van der Waals surface area (Å²) in [7, 11) is 2.86. The Bertz CT molecular complexity index is 407. The fourth-order valence-electron chi connectivity index (χ4n) is 1.43. The van der Waals surface area contributed by atoms with Gasteiger partial charge in [0, 0.05) is 13.7 Å². The van der Waals surface area contributed by atoms with Crippen molar-refractivity contribution in [3.63, 3.8) is 0 Å². The molecular weight excluding hydrogens is 238 g/mol. The van der Waals surface area contributed by atoms with Gasteiger partial charge in [-0.1, -0.05) is 6.07 Å². The van der Waals surface area contributed by atoms with E-state index in [1.165, 1.54) is 20.3 Å². The van der Waals surface area contributed by atoms with E-state index in [9.17, 15) is 15.0 Å². The van der Waals surface area contributed by atoms with Crippen LogP contribution in [0.3, 0.4) is 0 Å². The van der Waals surface area contributed by atoms with Gasteiger partial charge in [0.15, 0.2) is 11.5 Å². The first-order chi connectivity index (χ1) is 8.60. The number of nitrogens with one attached hydrogen (secondary N) is 1. The molecule has 0 bridgehead atoms. The Morgan fingerprint density at radius 2 is 2.17 bits per heavy atom. The molecule has 0 saturated heterocycles. The molecule has 1 rings (SSSR count). The second kappa shape index (κ2) is 6.83. The molecule has 0 aliphatic rings. The molecule has 1 atom stereocenters. The van der Waals surface area contributed by atoms with Crippen LogP contribution in [0.2, 0.25) is 0 Å². The number of carbonyl (C=O) groups is 1. The van der Waals surface area contributed by atoms with Gasteiger partial charge in [-0.15, -0.1) is 0 Å². The fraction of sp³-hybridized carbons (Fsp3) is 0.417. The van der Waals surface area contributed by atoms with Crippen molar-refractivity contribution < 1.29 is 24.5 Å². The van der Waals surface area contributed by atoms with Gasteiger partial charge >= 0.3 is 0 Å². The molecule has 100 valence electrons. The molecule has 0 saturated carbocycles. The van der Waals surface area contributed by atoms with Gasteiger partial charge in [-0.05, 0) is 12.1 Å². The van der Waals surface area contributed by atoms with Gasteiger partial charge in [0.05, 0.1) is 25.4 Å². The van der Waals surface area contributed by atoms with Crippen LogP contribution in [0, 0.1) is 0 Å². The smallest absolute Gasteiger partial charge is 0.255 e. The van der Waals surface area contributed by atoms with Crippen LogP contribution in [0.5, 0.6) is 11.5 Å². The molecule has 1 aromatic carbocycles. The second-order valence-corrected chi connectivity index (χ2v) is 3.68. The maximum absolute atomic E-state index is 11.8. The van der Waals surface area contributed by atoms with E-state index in [1.54, 1.807) is 12.1 Å². The number of para-hydroxylation sites is 1. The minimum absolute atomic E-state index is 0.0450. The number of benzene rings is 1. The molecule has 6 heteroatoms. The number of rotatable bonds is 6. The number of hydrogen-bond donors (Lipinski definition) is 3. The number of carbonyl (C=O) groups excluding carboxylic acids is 1. The predicted octanol–water partition coefficient (Wildman–Crippen LogP) is 0.138. The van der Waals surface area contributed by atoms with E-state index in [1.807, 2.05) is 0 Å². The highest BCUT2D eigenvalue weighted by Crippen LogP contribution is 2.28. The lowest BCUT2D eigenvalue weighted by Gasteiger charge is -2.12. The normalized spacial score (nSPS) is 11.9. The Morgan fingerprint density at radius 1 is 1.44 bits per heavy atom. The van der Waals surface area contributed by atoms with Gasteiger partial charge in [0.25, 0.3) is 5.91 Å². The SMILES string of the molecule is COCC(O)CNC(=O)c1cccc(OC)c1O. The van der Waals surface area contributed by atoms with Gasteiger partial charge in [0.1, 0.15) is 0 Å². The van der Waals surface area contributed by atoms with E-state index in [4.69, 9.17) is 9.47 Å². The van der Waals surface area contributed by atoms with E-state index >= 15 is 0 Å². The standard InChI is InChI=1S/C12H17NO5/c1-17-7-8(14)6-13-12(16)9-4-3-5-10(18-2)11(9)15/h3-5,8,14-15H,6-7H2,1-2H3,(H,13,16). The topological polar surface area (TPSA) is 88.0 Å². The molecule has 6 nitrogen and oxygen atoms in total. The van der Waals surface area contributed by atoms with Crippen LogP contribution in [0.1, 0.15) is 10.4 Å². The van der Waals surface area contributed by atoms with Crippen molar-refractivity contribution in [2.45, 2.75) is 6.10 Å². The third-order valence-electron chi connectivity index (χ3n) is 2.32. The number of aromatic hydroxyl groups is 1. The van der Waals surface area contributed by atoms with Crippen LogP contribution in [0.4, 0.5) is 0 Å². The summed E-state index contributed by atoms with van der Waals surface area (Å²) in [6.45, 7) is 0.174. The number of amides is 1. The fourth-order valence-corrected chi connectivity index (χ4v) is 1.43. The van der Waals surface area contributed by atoms with Gasteiger partial charge in [0.2, 0.25) is 0 Å². The maximum atomic E-state index is 11.8. The van der Waals surface area contributed by atoms with Crippen molar-refractivity contribution in [3.8, 4) is 11.5 Å². The van der Waals surface area contributed by atoms with Crippen molar-refractivity contribution in [1.82, 2.24) is 5.32 Å². The highest BCUT2D eigenvalue weighted by atomic mass is 16.5. The quantitative estimate of drug-likeness (QED) is 0.673. The first kappa shape index (κ1) is 14.3. The number of aliphatic hydroxyl groups is 1. The molecule has 0 aliphatic carbocycles. The molecule has 0 heterocycles. The summed E-state index contributed by atoms with van der Waals surface area (Å²) in [6.07, 6.45) is -0.785. The lowest BCUT2D eigenvalue weighted by atomic mass is 10.1. The minimum Gasteiger partial charge on any atom is -0.504 e. The Balaban J connectivity index is 2.67. The lowest BCUT2D eigenvalue weighted by Crippen LogP contribution is -2.34. The molecule has 1 unspecified atom stereocenters. The van der Waals surface area contributed by atoms with Crippen LogP contribution in [-0.4, -0.2) is 49.6 Å². The molecular formula is C12H17NO5. The Labute approximate surface area is 105 Å². The van der Waals surface area contributed by atoms with E-state index in [0.717, 1.165) is 0 Å². The Kier molecular flexibility index (Phi) is 5.41. The van der Waals surface area contributed by atoms with Gasteiger partial charge in [-0.25, -0.2) is 0 Å². The highest BCUT2D eigenvalue weighted by Gasteiger charge is 2.15. The van der Waals surface area contributed by atoms with Crippen molar-refractivity contribution in [2.24, 2.45) is 0 Å². The van der Waals surface area contributed by atoms with Crippen molar-refractivity contribution in [2.75, 3.05) is 27.4 Å². The summed E-state index contributed by atoms with van der Waals surface area (Å²) in [5.41, 5.74) is 0.0963. The summed E-state index contributed by atoms with van der Waals surface area (Å²) in [5.74, 6) is -0.486. The summed E-state index contributed by atoms with van der Waals surface area (Å²) in [6, 6.07) is 4.61. The molecule has 0 spiro atoms. The summed E-state index contributed by atoms with van der Waals surface area (Å²) < 4.78 is 9.63. The monoisotopic (exact) mass is 255 g/mol. The zero-order valence-corrected chi connectivity index (χ0v) is 10.3. The largest absolute Gasteiger partial charge is 0.504 e. The van der Waals surface area contributed by atoms with Crippen LogP contribution < -0.4 is 10.1 Å². The number of phenols is 1. The highest BCUT2D eigenvalue weighted by molar-refractivity contribution is 5.97. The molecule has 0 aromatic heterocycles. The number of aliphatic hydroxyl groups excluding tert-OH is 1. The number of methoxy groups -OCH3 is 2. The Morgan fingerprint density at radius 3 is 2.78 bits per heavy atom. The van der Waals surface area contributed by atoms with Crippen molar-refractivity contribution >= 4 is 5.91 Å². The molecule has 0 fully saturated rings. The van der Waals surface area contributed by atoms with E-state index < -0.39 is 12.0 Å². The van der Waals surface area contributed by atoms with E-state index in [2.05, 4.69) is 5.32 Å². The zero-order valence-electron chi connectivity index (χ0n) is 10.3. The molecule has 18 heavy (non-hydrogen) atoms. The lowest BCUT2D eigenvalue weighted by molar-refractivity contribution is 0.0609. The van der Waals surface area contributed by atoms with E-state index in [0.29, 0.717) is 0 Å². The number of ether oxygens (including phenoxy) is 2. The maximum Gasteiger partial charge on any atom is 0.255 e. The van der Waals surface area contributed by atoms with Gasteiger partial charge in [-0.3, -0.25) is 4.79 Å². The molecule has 0 radical (unpaired) electrons. The van der Waals surface area contributed by atoms with Crippen LogP contribution in [-0.2, 0) is 4.74 Å². The first-order valence-corrected chi connectivity index (χ1v) is 5.41. The average molecular weight is 255 g/mol. The van der Waals surface area contributed by atoms with Crippen LogP contribution >= 0.6 is 0 Å². The molecule has 1 aromatic rings. The number of phenolic OH excluding ortho intramolecular Hbond substituents is 1. The number of hydrogen-bond acceptors (Lipinski definition) is 5.